The minimum Gasteiger partial charge on any atom is -0.492 e. The fourth-order valence-electron chi connectivity index (χ4n) is 3.20. The highest BCUT2D eigenvalue weighted by Gasteiger charge is 2.20. The van der Waals surface area contributed by atoms with Crippen molar-refractivity contribution < 1.29 is 9.53 Å². The molecule has 1 aromatic heterocycles. The highest BCUT2D eigenvalue weighted by Crippen LogP contribution is 2.34. The van der Waals surface area contributed by atoms with E-state index in [1.54, 1.807) is 11.3 Å². The summed E-state index contributed by atoms with van der Waals surface area (Å²) >= 11 is 1.55. The number of hydrogen-bond acceptors (Lipinski definition) is 5. The molecule has 0 N–H and O–H groups in total. The number of nitrogens with zero attached hydrogens (tertiary/aromatic N) is 3. The normalized spacial score (nSPS) is 10.8. The van der Waals surface area contributed by atoms with Crippen LogP contribution in [0.2, 0.25) is 0 Å². The number of rotatable bonds is 10. The zero-order chi connectivity index (χ0) is 20.6. The zero-order valence-electron chi connectivity index (χ0n) is 17.8. The molecular weight excluding hydrogens is 418 g/mol. The van der Waals surface area contributed by atoms with Crippen LogP contribution < -0.4 is 9.64 Å². The smallest absolute Gasteiger partial charge is 0.229 e. The van der Waals surface area contributed by atoms with Crippen LogP contribution in [-0.2, 0) is 11.2 Å². The molecule has 0 bridgehead atoms. The van der Waals surface area contributed by atoms with E-state index in [1.807, 2.05) is 62.3 Å². The molecule has 0 saturated heterocycles. The standard InChI is InChI=1S/C23H29N3O2S.ClH/c1-4-28-19-12-8-13-20-22(19)24-23(29-20)26(17-9-16-25(2)3)21(27)15-14-18-10-6-5-7-11-18;/h5-8,10-13H,4,9,14-17H2,1-3H3;1H. The van der Waals surface area contributed by atoms with Crippen molar-refractivity contribution in [3.63, 3.8) is 0 Å². The first kappa shape index (κ1) is 24.1. The Hall–Kier alpha value is -2.15. The summed E-state index contributed by atoms with van der Waals surface area (Å²) < 4.78 is 6.77. The molecule has 0 atom stereocenters. The van der Waals surface area contributed by atoms with E-state index in [9.17, 15) is 4.79 Å². The van der Waals surface area contributed by atoms with Crippen LogP contribution in [0.1, 0.15) is 25.3 Å². The highest BCUT2D eigenvalue weighted by atomic mass is 35.5. The van der Waals surface area contributed by atoms with Crippen molar-refractivity contribution in [2.75, 3.05) is 38.7 Å². The number of benzene rings is 2. The number of thiazole rings is 1. The van der Waals surface area contributed by atoms with Gasteiger partial charge in [0.25, 0.3) is 0 Å². The highest BCUT2D eigenvalue weighted by molar-refractivity contribution is 7.22. The summed E-state index contributed by atoms with van der Waals surface area (Å²) in [5.74, 6) is 0.891. The predicted molar refractivity (Wildman–Crippen MR) is 128 cm³/mol. The Labute approximate surface area is 189 Å². The van der Waals surface area contributed by atoms with Crippen LogP contribution in [-0.4, -0.2) is 49.6 Å². The van der Waals surface area contributed by atoms with Crippen LogP contribution in [0.25, 0.3) is 10.2 Å². The minimum atomic E-state index is 0. The van der Waals surface area contributed by atoms with Crippen LogP contribution >= 0.6 is 23.7 Å². The summed E-state index contributed by atoms with van der Waals surface area (Å²) in [7, 11) is 4.10. The second-order valence-electron chi connectivity index (χ2n) is 7.22. The first-order chi connectivity index (χ1) is 14.1. The largest absolute Gasteiger partial charge is 0.492 e. The van der Waals surface area contributed by atoms with Crippen LogP contribution in [0.3, 0.4) is 0 Å². The van der Waals surface area contributed by atoms with Gasteiger partial charge in [-0.2, -0.15) is 0 Å². The number of hydrogen-bond donors (Lipinski definition) is 0. The number of para-hydroxylation sites is 1. The second-order valence-corrected chi connectivity index (χ2v) is 8.23. The van der Waals surface area contributed by atoms with Gasteiger partial charge in [0.1, 0.15) is 11.3 Å². The monoisotopic (exact) mass is 447 g/mol. The van der Waals surface area contributed by atoms with Gasteiger partial charge < -0.3 is 9.64 Å². The van der Waals surface area contributed by atoms with Crippen molar-refractivity contribution in [1.29, 1.82) is 0 Å². The van der Waals surface area contributed by atoms with Crippen molar-refractivity contribution in [3.8, 4) is 5.75 Å². The van der Waals surface area contributed by atoms with E-state index in [4.69, 9.17) is 9.72 Å². The average Bonchev–Trinajstić information content (AvgIpc) is 3.15. The molecule has 1 heterocycles. The summed E-state index contributed by atoms with van der Waals surface area (Å²) in [5.41, 5.74) is 2.01. The summed E-state index contributed by atoms with van der Waals surface area (Å²) in [4.78, 5) is 21.9. The molecule has 5 nitrogen and oxygen atoms in total. The SMILES string of the molecule is CCOc1cccc2sc(N(CCCN(C)C)C(=O)CCc3ccccc3)nc12.Cl. The summed E-state index contributed by atoms with van der Waals surface area (Å²) in [6.07, 6.45) is 2.11. The Morgan fingerprint density at radius 2 is 1.83 bits per heavy atom. The van der Waals surface area contributed by atoms with Gasteiger partial charge in [-0.25, -0.2) is 4.98 Å². The zero-order valence-corrected chi connectivity index (χ0v) is 19.5. The maximum absolute atomic E-state index is 13.1. The number of halogens is 1. The fraction of sp³-hybridized carbons (Fsp3) is 0.391. The molecule has 7 heteroatoms. The number of aromatic nitrogens is 1. The van der Waals surface area contributed by atoms with Gasteiger partial charge in [-0.05, 0) is 58.1 Å². The Balaban J connectivity index is 0.00000320. The number of carbonyl (C=O) groups is 1. The summed E-state index contributed by atoms with van der Waals surface area (Å²) in [6, 6.07) is 16.1. The molecule has 0 aliphatic heterocycles. The Morgan fingerprint density at radius 3 is 2.53 bits per heavy atom. The van der Waals surface area contributed by atoms with Crippen LogP contribution in [0.4, 0.5) is 5.13 Å². The molecule has 1 amide bonds. The number of fused-ring (bicyclic) bond motifs is 1. The van der Waals surface area contributed by atoms with Crippen molar-refractivity contribution in [1.82, 2.24) is 9.88 Å². The lowest BCUT2D eigenvalue weighted by Crippen LogP contribution is -2.33. The van der Waals surface area contributed by atoms with Crippen LogP contribution in [0.15, 0.2) is 48.5 Å². The average molecular weight is 448 g/mol. The van der Waals surface area contributed by atoms with E-state index in [2.05, 4.69) is 17.0 Å². The molecule has 0 saturated carbocycles. The van der Waals surface area contributed by atoms with E-state index in [1.165, 1.54) is 5.56 Å². The molecule has 30 heavy (non-hydrogen) atoms. The Bertz CT molecular complexity index is 931. The molecule has 0 aliphatic carbocycles. The lowest BCUT2D eigenvalue weighted by Gasteiger charge is -2.21. The first-order valence-corrected chi connectivity index (χ1v) is 10.9. The van der Waals surface area contributed by atoms with E-state index in [0.717, 1.165) is 40.5 Å². The Morgan fingerprint density at radius 1 is 1.07 bits per heavy atom. The van der Waals surface area contributed by atoms with Gasteiger partial charge in [0.05, 0.1) is 11.3 Å². The number of anilines is 1. The number of aryl methyl sites for hydroxylation is 1. The Kier molecular flexibility index (Phi) is 9.56. The maximum Gasteiger partial charge on any atom is 0.229 e. The maximum atomic E-state index is 13.1. The molecule has 3 aromatic rings. The summed E-state index contributed by atoms with van der Waals surface area (Å²) in [5, 5.41) is 0.754. The molecule has 162 valence electrons. The van der Waals surface area contributed by atoms with Gasteiger partial charge in [-0.3, -0.25) is 9.69 Å². The van der Waals surface area contributed by atoms with Crippen molar-refractivity contribution in [3.05, 3.63) is 54.1 Å². The van der Waals surface area contributed by atoms with Gasteiger partial charge in [0, 0.05) is 13.0 Å². The molecule has 3 rings (SSSR count). The third-order valence-corrected chi connectivity index (χ3v) is 5.70. The third-order valence-electron chi connectivity index (χ3n) is 4.66. The minimum absolute atomic E-state index is 0. The molecule has 2 aromatic carbocycles. The van der Waals surface area contributed by atoms with E-state index in [-0.39, 0.29) is 18.3 Å². The van der Waals surface area contributed by atoms with Crippen molar-refractivity contribution in [2.24, 2.45) is 0 Å². The summed E-state index contributed by atoms with van der Waals surface area (Å²) in [6.45, 7) is 4.15. The molecule has 0 aliphatic rings. The molecule has 0 spiro atoms. The quantitative estimate of drug-likeness (QED) is 0.437. The van der Waals surface area contributed by atoms with Gasteiger partial charge >= 0.3 is 0 Å². The van der Waals surface area contributed by atoms with Gasteiger partial charge in [0.15, 0.2) is 5.13 Å². The predicted octanol–water partition coefficient (Wildman–Crippen LogP) is 5.03. The van der Waals surface area contributed by atoms with Crippen LogP contribution in [0.5, 0.6) is 5.75 Å². The lowest BCUT2D eigenvalue weighted by molar-refractivity contribution is -0.118. The van der Waals surface area contributed by atoms with Crippen molar-refractivity contribution >= 4 is 45.0 Å². The third kappa shape index (κ3) is 6.42. The van der Waals surface area contributed by atoms with E-state index < -0.39 is 0 Å². The second kappa shape index (κ2) is 11.9. The fourth-order valence-corrected chi connectivity index (χ4v) is 4.23. The molecule has 0 fully saturated rings. The van der Waals surface area contributed by atoms with Crippen LogP contribution in [0, 0.1) is 0 Å². The number of amides is 1. The van der Waals surface area contributed by atoms with E-state index in [0.29, 0.717) is 19.6 Å². The molecule has 0 unspecified atom stereocenters. The van der Waals surface area contributed by atoms with Gasteiger partial charge in [-0.15, -0.1) is 12.4 Å². The number of ether oxygens (including phenoxy) is 1. The topological polar surface area (TPSA) is 45.7 Å². The van der Waals surface area contributed by atoms with Gasteiger partial charge in [0.2, 0.25) is 5.91 Å². The molecular formula is C23H30ClN3O2S. The van der Waals surface area contributed by atoms with E-state index >= 15 is 0 Å². The first-order valence-electron chi connectivity index (χ1n) is 10.1. The number of carbonyl (C=O) groups excluding carboxylic acids is 1. The van der Waals surface area contributed by atoms with Crippen molar-refractivity contribution in [2.45, 2.75) is 26.2 Å². The lowest BCUT2D eigenvalue weighted by atomic mass is 10.1. The van der Waals surface area contributed by atoms with Gasteiger partial charge in [-0.1, -0.05) is 47.7 Å². The molecule has 0 radical (unpaired) electrons.